The summed E-state index contributed by atoms with van der Waals surface area (Å²) in [6, 6.07) is 80.6. The Morgan fingerprint density at radius 3 is 1.40 bits per heavy atom. The van der Waals surface area contributed by atoms with Crippen LogP contribution in [-0.2, 0) is 0 Å². The number of benzene rings is 10. The lowest BCUT2D eigenvalue weighted by Crippen LogP contribution is -2.09. The molecule has 2 heteroatoms. The molecule has 0 saturated carbocycles. The standard InChI is InChI=1S/C56H37NO/c1-3-10-38(11-4-1)41-22-29-48(30-23-41)57(49-31-24-42(25-32-49)46-20-18-40-14-7-8-15-45(40)36-46)50-33-26-43(27-34-50)51-16-9-17-53-55(51)56-52-37-47(39-12-5-2-6-13-39)21-19-44(52)28-35-54(56)58-53/h1-37H. The number of rotatable bonds is 7. The highest BCUT2D eigenvalue weighted by atomic mass is 16.3. The number of hydrogen-bond donors (Lipinski definition) is 0. The average Bonchev–Trinajstić information content (AvgIpc) is 3.70. The summed E-state index contributed by atoms with van der Waals surface area (Å²) in [5.41, 5.74) is 14.5. The van der Waals surface area contributed by atoms with Crippen LogP contribution in [0, 0.1) is 0 Å². The fourth-order valence-corrected chi connectivity index (χ4v) is 8.53. The van der Waals surface area contributed by atoms with E-state index in [-0.39, 0.29) is 0 Å². The van der Waals surface area contributed by atoms with Crippen molar-refractivity contribution >= 4 is 60.5 Å². The van der Waals surface area contributed by atoms with E-state index in [0.717, 1.165) is 50.1 Å². The predicted octanol–water partition coefficient (Wildman–Crippen LogP) is 16.0. The fourth-order valence-electron chi connectivity index (χ4n) is 8.53. The van der Waals surface area contributed by atoms with E-state index in [0.29, 0.717) is 0 Å². The van der Waals surface area contributed by atoms with Gasteiger partial charge >= 0.3 is 0 Å². The Kier molecular flexibility index (Phi) is 8.19. The maximum absolute atomic E-state index is 6.54. The first-order valence-electron chi connectivity index (χ1n) is 19.8. The Bertz CT molecular complexity index is 3240. The molecule has 2 nitrogen and oxygen atoms in total. The molecule has 10 aromatic carbocycles. The van der Waals surface area contributed by atoms with Crippen LogP contribution in [0.15, 0.2) is 229 Å². The van der Waals surface area contributed by atoms with Gasteiger partial charge in [-0.05, 0) is 127 Å². The first-order chi connectivity index (χ1) is 28.7. The van der Waals surface area contributed by atoms with Gasteiger partial charge in [-0.2, -0.15) is 0 Å². The highest BCUT2D eigenvalue weighted by molar-refractivity contribution is 6.23. The molecule has 0 bridgehead atoms. The van der Waals surface area contributed by atoms with Crippen LogP contribution >= 0.6 is 0 Å². The van der Waals surface area contributed by atoms with E-state index in [1.807, 2.05) is 0 Å². The first-order valence-corrected chi connectivity index (χ1v) is 19.8. The zero-order valence-corrected chi connectivity index (χ0v) is 31.7. The van der Waals surface area contributed by atoms with Crippen molar-refractivity contribution in [3.05, 3.63) is 224 Å². The highest BCUT2D eigenvalue weighted by Crippen LogP contribution is 2.43. The summed E-state index contributed by atoms with van der Waals surface area (Å²) in [5.74, 6) is 0. The molecule has 0 unspecified atom stereocenters. The molecule has 11 rings (SSSR count). The van der Waals surface area contributed by atoms with E-state index >= 15 is 0 Å². The fraction of sp³-hybridized carbons (Fsp3) is 0. The van der Waals surface area contributed by atoms with E-state index < -0.39 is 0 Å². The van der Waals surface area contributed by atoms with Crippen molar-refractivity contribution in [2.45, 2.75) is 0 Å². The zero-order valence-electron chi connectivity index (χ0n) is 31.7. The van der Waals surface area contributed by atoms with Gasteiger partial charge in [-0.3, -0.25) is 0 Å². The Hall–Kier alpha value is -7.68. The average molecular weight is 740 g/mol. The van der Waals surface area contributed by atoms with Crippen molar-refractivity contribution in [2.24, 2.45) is 0 Å². The van der Waals surface area contributed by atoms with Crippen molar-refractivity contribution in [3.8, 4) is 44.5 Å². The van der Waals surface area contributed by atoms with Gasteiger partial charge in [0.25, 0.3) is 0 Å². The molecular formula is C56H37NO. The van der Waals surface area contributed by atoms with Gasteiger partial charge in [0, 0.05) is 27.8 Å². The molecule has 0 radical (unpaired) electrons. The molecule has 58 heavy (non-hydrogen) atoms. The lowest BCUT2D eigenvalue weighted by atomic mass is 9.94. The summed E-state index contributed by atoms with van der Waals surface area (Å²) < 4.78 is 6.54. The van der Waals surface area contributed by atoms with Crippen molar-refractivity contribution in [3.63, 3.8) is 0 Å². The molecule has 11 aromatic rings. The number of anilines is 3. The Balaban J connectivity index is 1.01. The van der Waals surface area contributed by atoms with Crippen molar-refractivity contribution in [2.75, 3.05) is 4.90 Å². The summed E-state index contributed by atoms with van der Waals surface area (Å²) in [4.78, 5) is 2.34. The minimum atomic E-state index is 0.890. The van der Waals surface area contributed by atoms with Crippen molar-refractivity contribution < 1.29 is 4.42 Å². The normalized spacial score (nSPS) is 11.4. The number of hydrogen-bond acceptors (Lipinski definition) is 2. The topological polar surface area (TPSA) is 16.4 Å². The third-order valence-corrected chi connectivity index (χ3v) is 11.5. The van der Waals surface area contributed by atoms with Gasteiger partial charge in [0.05, 0.1) is 0 Å². The number of nitrogens with zero attached hydrogens (tertiary/aromatic N) is 1. The van der Waals surface area contributed by atoms with Gasteiger partial charge in [0.15, 0.2) is 0 Å². The Morgan fingerprint density at radius 2 is 0.741 bits per heavy atom. The summed E-state index contributed by atoms with van der Waals surface area (Å²) in [7, 11) is 0. The molecule has 0 fully saturated rings. The second-order valence-electron chi connectivity index (χ2n) is 14.9. The van der Waals surface area contributed by atoms with Gasteiger partial charge in [0.2, 0.25) is 0 Å². The molecule has 0 spiro atoms. The van der Waals surface area contributed by atoms with Crippen molar-refractivity contribution in [1.29, 1.82) is 0 Å². The largest absolute Gasteiger partial charge is 0.456 e. The summed E-state index contributed by atoms with van der Waals surface area (Å²) in [5, 5.41) is 7.17. The van der Waals surface area contributed by atoms with Gasteiger partial charge in [-0.15, -0.1) is 0 Å². The van der Waals surface area contributed by atoms with Crippen LogP contribution in [0.1, 0.15) is 0 Å². The smallest absolute Gasteiger partial charge is 0.136 e. The van der Waals surface area contributed by atoms with Crippen LogP contribution in [0.4, 0.5) is 17.1 Å². The minimum Gasteiger partial charge on any atom is -0.456 e. The second-order valence-corrected chi connectivity index (χ2v) is 14.9. The van der Waals surface area contributed by atoms with E-state index in [4.69, 9.17) is 4.42 Å². The van der Waals surface area contributed by atoms with Gasteiger partial charge < -0.3 is 9.32 Å². The highest BCUT2D eigenvalue weighted by Gasteiger charge is 2.18. The van der Waals surface area contributed by atoms with E-state index in [1.165, 1.54) is 54.9 Å². The predicted molar refractivity (Wildman–Crippen MR) is 245 cm³/mol. The van der Waals surface area contributed by atoms with Crippen LogP contribution in [0.3, 0.4) is 0 Å². The molecule has 272 valence electrons. The summed E-state index contributed by atoms with van der Waals surface area (Å²) in [6.07, 6.45) is 0. The van der Waals surface area contributed by atoms with Gasteiger partial charge in [0.1, 0.15) is 11.2 Å². The minimum absolute atomic E-state index is 0.890. The Morgan fingerprint density at radius 1 is 0.276 bits per heavy atom. The Labute approximate surface area is 337 Å². The van der Waals surface area contributed by atoms with Crippen LogP contribution in [-0.4, -0.2) is 0 Å². The number of furan rings is 1. The maximum atomic E-state index is 6.54. The molecule has 0 atom stereocenters. The number of fused-ring (bicyclic) bond motifs is 6. The van der Waals surface area contributed by atoms with Crippen LogP contribution in [0.2, 0.25) is 0 Å². The third kappa shape index (κ3) is 6.00. The zero-order chi connectivity index (χ0) is 38.4. The van der Waals surface area contributed by atoms with E-state index in [9.17, 15) is 0 Å². The quantitative estimate of drug-likeness (QED) is 0.162. The molecule has 0 aliphatic heterocycles. The van der Waals surface area contributed by atoms with Gasteiger partial charge in [-0.25, -0.2) is 0 Å². The molecule has 1 aromatic heterocycles. The summed E-state index contributed by atoms with van der Waals surface area (Å²) >= 11 is 0. The second kappa shape index (κ2) is 14.1. The molecule has 1 heterocycles. The lowest BCUT2D eigenvalue weighted by molar-refractivity contribution is 0.669. The van der Waals surface area contributed by atoms with E-state index in [1.54, 1.807) is 0 Å². The van der Waals surface area contributed by atoms with Crippen LogP contribution in [0.5, 0.6) is 0 Å². The van der Waals surface area contributed by atoms with Crippen molar-refractivity contribution in [1.82, 2.24) is 0 Å². The monoisotopic (exact) mass is 739 g/mol. The molecule has 0 aliphatic carbocycles. The molecular weight excluding hydrogens is 703 g/mol. The van der Waals surface area contributed by atoms with Gasteiger partial charge in [-0.1, -0.05) is 164 Å². The van der Waals surface area contributed by atoms with Crippen LogP contribution < -0.4 is 4.90 Å². The molecule has 0 amide bonds. The first kappa shape index (κ1) is 33.6. The molecule has 0 N–H and O–H groups in total. The maximum Gasteiger partial charge on any atom is 0.136 e. The lowest BCUT2D eigenvalue weighted by Gasteiger charge is -2.26. The molecule has 0 saturated heterocycles. The van der Waals surface area contributed by atoms with E-state index in [2.05, 4.69) is 229 Å². The molecule has 0 aliphatic rings. The van der Waals surface area contributed by atoms with Crippen LogP contribution in [0.25, 0.3) is 88.0 Å². The SMILES string of the molecule is c1ccc(-c2ccc(N(c3ccc(-c4ccc5ccccc5c4)cc3)c3ccc(-c4cccc5oc6ccc7ccc(-c8ccccc8)cc7c6c45)cc3)cc2)cc1. The third-order valence-electron chi connectivity index (χ3n) is 11.5. The summed E-state index contributed by atoms with van der Waals surface area (Å²) in [6.45, 7) is 0.